The summed E-state index contributed by atoms with van der Waals surface area (Å²) in [7, 11) is 3.66. The summed E-state index contributed by atoms with van der Waals surface area (Å²) in [5.74, 6) is 0. The molecule has 0 radical (unpaired) electrons. The van der Waals surface area contributed by atoms with Crippen LogP contribution in [-0.2, 0) is 14.2 Å². The van der Waals surface area contributed by atoms with Gasteiger partial charge in [0, 0.05) is 20.3 Å². The molecule has 0 saturated carbocycles. The lowest BCUT2D eigenvalue weighted by molar-refractivity contribution is -0.00537. The normalized spacial score (nSPS) is 14.2. The molecular formula is C16H27NO3. The van der Waals surface area contributed by atoms with Crippen molar-refractivity contribution in [1.82, 2.24) is 5.32 Å². The molecule has 2 unspecified atom stereocenters. The zero-order valence-corrected chi connectivity index (χ0v) is 12.8. The van der Waals surface area contributed by atoms with E-state index < -0.39 is 0 Å². The van der Waals surface area contributed by atoms with Crippen LogP contribution in [0.25, 0.3) is 0 Å². The van der Waals surface area contributed by atoms with Crippen LogP contribution in [0.2, 0.25) is 0 Å². The minimum Gasteiger partial charge on any atom is -0.385 e. The van der Waals surface area contributed by atoms with Crippen molar-refractivity contribution in [3.63, 3.8) is 0 Å². The van der Waals surface area contributed by atoms with Crippen molar-refractivity contribution >= 4 is 0 Å². The summed E-state index contributed by atoms with van der Waals surface area (Å²) in [6.45, 7) is 4.78. The first kappa shape index (κ1) is 17.1. The van der Waals surface area contributed by atoms with Crippen LogP contribution in [0.3, 0.4) is 0 Å². The average molecular weight is 281 g/mol. The molecule has 0 saturated heterocycles. The fourth-order valence-electron chi connectivity index (χ4n) is 2.13. The lowest BCUT2D eigenvalue weighted by Gasteiger charge is -2.24. The number of benzene rings is 1. The van der Waals surface area contributed by atoms with Gasteiger partial charge in [0.05, 0.1) is 25.4 Å². The summed E-state index contributed by atoms with van der Waals surface area (Å²) >= 11 is 0. The molecule has 1 aromatic carbocycles. The maximum Gasteiger partial charge on any atom is 0.0742 e. The van der Waals surface area contributed by atoms with E-state index in [2.05, 4.69) is 24.4 Å². The summed E-state index contributed by atoms with van der Waals surface area (Å²) in [6.07, 6.45) is 1.03. The quantitative estimate of drug-likeness (QED) is 0.632. The van der Waals surface area contributed by atoms with Gasteiger partial charge >= 0.3 is 0 Å². The molecule has 0 bridgehead atoms. The van der Waals surface area contributed by atoms with Gasteiger partial charge in [-0.2, -0.15) is 0 Å². The van der Waals surface area contributed by atoms with Crippen LogP contribution in [0.5, 0.6) is 0 Å². The molecule has 0 heterocycles. The third-order valence-corrected chi connectivity index (χ3v) is 3.18. The Labute approximate surface area is 122 Å². The highest BCUT2D eigenvalue weighted by Gasteiger charge is 2.17. The van der Waals surface area contributed by atoms with Crippen molar-refractivity contribution in [2.24, 2.45) is 0 Å². The van der Waals surface area contributed by atoms with Crippen LogP contribution < -0.4 is 5.32 Å². The van der Waals surface area contributed by atoms with Gasteiger partial charge in [0.2, 0.25) is 0 Å². The third-order valence-electron chi connectivity index (χ3n) is 3.18. The molecule has 2 atom stereocenters. The Morgan fingerprint density at radius 3 is 2.45 bits per heavy atom. The Hall–Kier alpha value is -0.940. The maximum absolute atomic E-state index is 5.84. The highest BCUT2D eigenvalue weighted by atomic mass is 16.5. The number of hydrogen-bond acceptors (Lipinski definition) is 4. The van der Waals surface area contributed by atoms with Crippen molar-refractivity contribution < 1.29 is 14.2 Å². The van der Waals surface area contributed by atoms with E-state index in [1.807, 2.05) is 25.2 Å². The van der Waals surface area contributed by atoms with Crippen molar-refractivity contribution in [3.8, 4) is 0 Å². The number of likely N-dealkylation sites (N-methyl/N-ethyl adjacent to an activating group) is 1. The average Bonchev–Trinajstić information content (AvgIpc) is 2.48. The van der Waals surface area contributed by atoms with Gasteiger partial charge in [-0.15, -0.1) is 0 Å². The van der Waals surface area contributed by atoms with Gasteiger partial charge in [0.25, 0.3) is 0 Å². The van der Waals surface area contributed by atoms with E-state index in [0.717, 1.165) is 19.6 Å². The minimum absolute atomic E-state index is 0.102. The first-order valence-corrected chi connectivity index (χ1v) is 7.20. The molecule has 0 aliphatic rings. The maximum atomic E-state index is 5.84. The second-order valence-electron chi connectivity index (χ2n) is 4.71. The monoisotopic (exact) mass is 281 g/mol. The number of ether oxygens (including phenoxy) is 3. The molecule has 4 nitrogen and oxygen atoms in total. The van der Waals surface area contributed by atoms with E-state index in [4.69, 9.17) is 14.2 Å². The summed E-state index contributed by atoms with van der Waals surface area (Å²) < 4.78 is 16.3. The largest absolute Gasteiger partial charge is 0.385 e. The lowest BCUT2D eigenvalue weighted by atomic mass is 10.0. The third kappa shape index (κ3) is 6.48. The Morgan fingerprint density at radius 1 is 1.05 bits per heavy atom. The van der Waals surface area contributed by atoms with Crippen LogP contribution in [0.4, 0.5) is 0 Å². The van der Waals surface area contributed by atoms with Crippen molar-refractivity contribution in [2.75, 3.05) is 40.6 Å². The van der Waals surface area contributed by atoms with E-state index >= 15 is 0 Å². The number of rotatable bonds is 11. The molecule has 114 valence electrons. The molecule has 0 aromatic heterocycles. The van der Waals surface area contributed by atoms with E-state index in [-0.39, 0.29) is 12.1 Å². The Morgan fingerprint density at radius 2 is 1.80 bits per heavy atom. The van der Waals surface area contributed by atoms with Gasteiger partial charge in [-0.05, 0) is 26.0 Å². The number of methoxy groups -OCH3 is 1. The molecule has 0 aliphatic carbocycles. The fraction of sp³-hybridized carbons (Fsp3) is 0.625. The molecule has 1 rings (SSSR count). The zero-order chi connectivity index (χ0) is 14.6. The van der Waals surface area contributed by atoms with Gasteiger partial charge < -0.3 is 19.5 Å². The van der Waals surface area contributed by atoms with Crippen LogP contribution in [0.15, 0.2) is 30.3 Å². The molecule has 1 N–H and O–H groups in total. The first-order chi connectivity index (χ1) is 9.79. The molecule has 0 fully saturated rings. The predicted octanol–water partition coefficient (Wildman–Crippen LogP) is 2.41. The number of nitrogens with one attached hydrogen (secondary N) is 1. The standard InChI is InChI=1S/C16H27NO3/c1-14(20-13-12-19-11-7-10-18-3)16(17-2)15-8-5-4-6-9-15/h4-6,8-9,14,16-17H,7,10-13H2,1-3H3. The second-order valence-corrected chi connectivity index (χ2v) is 4.71. The summed E-state index contributed by atoms with van der Waals surface area (Å²) in [6, 6.07) is 10.5. The van der Waals surface area contributed by atoms with E-state index in [1.54, 1.807) is 7.11 Å². The molecule has 20 heavy (non-hydrogen) atoms. The molecule has 0 amide bonds. The highest BCUT2D eigenvalue weighted by Crippen LogP contribution is 2.18. The zero-order valence-electron chi connectivity index (χ0n) is 12.8. The van der Waals surface area contributed by atoms with E-state index in [1.165, 1.54) is 5.56 Å². The Bertz CT molecular complexity index is 332. The molecule has 0 spiro atoms. The van der Waals surface area contributed by atoms with Crippen LogP contribution in [0.1, 0.15) is 24.9 Å². The van der Waals surface area contributed by atoms with Crippen LogP contribution in [-0.4, -0.2) is 46.7 Å². The van der Waals surface area contributed by atoms with Crippen LogP contribution >= 0.6 is 0 Å². The molecule has 4 heteroatoms. The van der Waals surface area contributed by atoms with Crippen molar-refractivity contribution in [2.45, 2.75) is 25.5 Å². The van der Waals surface area contributed by atoms with E-state index in [0.29, 0.717) is 13.2 Å². The summed E-state index contributed by atoms with van der Waals surface area (Å²) in [5, 5.41) is 3.30. The van der Waals surface area contributed by atoms with Gasteiger partial charge in [-0.1, -0.05) is 30.3 Å². The summed E-state index contributed by atoms with van der Waals surface area (Å²) in [4.78, 5) is 0. The molecule has 1 aromatic rings. The fourth-order valence-corrected chi connectivity index (χ4v) is 2.13. The molecular weight excluding hydrogens is 254 g/mol. The number of hydrogen-bond donors (Lipinski definition) is 1. The highest BCUT2D eigenvalue weighted by molar-refractivity contribution is 5.19. The van der Waals surface area contributed by atoms with Crippen LogP contribution in [0, 0.1) is 0 Å². The SMILES string of the molecule is CNC(c1ccccc1)C(C)OCCOCCCOC. The minimum atomic E-state index is 0.102. The lowest BCUT2D eigenvalue weighted by Crippen LogP contribution is -2.30. The van der Waals surface area contributed by atoms with Gasteiger partial charge in [-0.25, -0.2) is 0 Å². The Kier molecular flexibility index (Phi) is 9.24. The summed E-state index contributed by atoms with van der Waals surface area (Å²) in [5.41, 5.74) is 1.24. The van der Waals surface area contributed by atoms with E-state index in [9.17, 15) is 0 Å². The smallest absolute Gasteiger partial charge is 0.0742 e. The molecule has 0 aliphatic heterocycles. The first-order valence-electron chi connectivity index (χ1n) is 7.20. The topological polar surface area (TPSA) is 39.7 Å². The second kappa shape index (κ2) is 10.8. The van der Waals surface area contributed by atoms with Gasteiger partial charge in [0.15, 0.2) is 0 Å². The Balaban J connectivity index is 2.22. The van der Waals surface area contributed by atoms with Crippen molar-refractivity contribution in [3.05, 3.63) is 35.9 Å². The predicted molar refractivity (Wildman–Crippen MR) is 81.0 cm³/mol. The van der Waals surface area contributed by atoms with Crippen molar-refractivity contribution in [1.29, 1.82) is 0 Å². The van der Waals surface area contributed by atoms with Gasteiger partial charge in [0.1, 0.15) is 0 Å². The van der Waals surface area contributed by atoms with Gasteiger partial charge in [-0.3, -0.25) is 0 Å².